The molecule has 0 saturated carbocycles. The number of aromatic amines is 1. The fourth-order valence-corrected chi connectivity index (χ4v) is 2.38. The Kier molecular flexibility index (Phi) is 4.47. The Morgan fingerprint density at radius 3 is 2.50 bits per heavy atom. The average molecular weight is 300 g/mol. The van der Waals surface area contributed by atoms with Crippen molar-refractivity contribution in [1.82, 2.24) is 10.3 Å². The zero-order valence-electron chi connectivity index (χ0n) is 12.9. The molecule has 22 heavy (non-hydrogen) atoms. The van der Waals surface area contributed by atoms with E-state index in [1.54, 1.807) is 39.0 Å². The lowest BCUT2D eigenvalue weighted by atomic mass is 9.96. The van der Waals surface area contributed by atoms with Gasteiger partial charge in [-0.1, -0.05) is 30.3 Å². The zero-order valence-corrected chi connectivity index (χ0v) is 12.9. The topological polar surface area (TPSA) is 82.2 Å². The number of aryl methyl sites for hydroxylation is 2. The minimum atomic E-state index is -1.21. The average Bonchev–Trinajstić information content (AvgIpc) is 2.45. The number of pyridine rings is 1. The zero-order chi connectivity index (χ0) is 16.3. The maximum absolute atomic E-state index is 12.2. The molecule has 1 heterocycles. The summed E-state index contributed by atoms with van der Waals surface area (Å²) in [6.07, 6.45) is 0. The van der Waals surface area contributed by atoms with E-state index in [1.807, 2.05) is 18.2 Å². The number of nitrogens with one attached hydrogen (secondary N) is 2. The van der Waals surface area contributed by atoms with E-state index in [9.17, 15) is 14.7 Å². The Hall–Kier alpha value is -2.40. The first-order valence-corrected chi connectivity index (χ1v) is 7.08. The van der Waals surface area contributed by atoms with Gasteiger partial charge in [-0.25, -0.2) is 0 Å². The van der Waals surface area contributed by atoms with E-state index in [2.05, 4.69) is 10.3 Å². The van der Waals surface area contributed by atoms with Gasteiger partial charge in [-0.3, -0.25) is 9.59 Å². The van der Waals surface area contributed by atoms with Crippen LogP contribution in [0.5, 0.6) is 0 Å². The number of aliphatic hydroxyl groups is 1. The van der Waals surface area contributed by atoms with Gasteiger partial charge in [0.1, 0.15) is 11.2 Å². The molecule has 0 aliphatic heterocycles. The molecule has 3 N–H and O–H groups in total. The van der Waals surface area contributed by atoms with Gasteiger partial charge in [0.15, 0.2) is 0 Å². The van der Waals surface area contributed by atoms with Gasteiger partial charge < -0.3 is 15.4 Å². The van der Waals surface area contributed by atoms with Gasteiger partial charge in [0, 0.05) is 5.69 Å². The molecule has 2 aromatic rings. The lowest BCUT2D eigenvalue weighted by Crippen LogP contribution is -2.40. The summed E-state index contributed by atoms with van der Waals surface area (Å²) in [4.78, 5) is 26.8. The normalized spacial score (nSPS) is 13.5. The molecule has 116 valence electrons. The molecule has 1 amide bonds. The number of carbonyl (C=O) groups is 1. The van der Waals surface area contributed by atoms with Crippen molar-refractivity contribution < 1.29 is 9.90 Å². The lowest BCUT2D eigenvalue weighted by Gasteiger charge is -2.24. The predicted octanol–water partition coefficient (Wildman–Crippen LogP) is 1.63. The van der Waals surface area contributed by atoms with Crippen molar-refractivity contribution in [2.24, 2.45) is 0 Å². The van der Waals surface area contributed by atoms with E-state index < -0.39 is 17.1 Å². The summed E-state index contributed by atoms with van der Waals surface area (Å²) < 4.78 is 0. The Bertz CT molecular complexity index is 733. The molecule has 1 unspecified atom stereocenters. The van der Waals surface area contributed by atoms with Crippen molar-refractivity contribution in [2.45, 2.75) is 26.4 Å². The summed E-state index contributed by atoms with van der Waals surface area (Å²) in [6.45, 7) is 5.11. The largest absolute Gasteiger partial charge is 0.384 e. The number of rotatable bonds is 4. The highest BCUT2D eigenvalue weighted by molar-refractivity contribution is 5.95. The smallest absolute Gasteiger partial charge is 0.261 e. The summed E-state index contributed by atoms with van der Waals surface area (Å²) in [5, 5.41) is 13.1. The van der Waals surface area contributed by atoms with E-state index in [0.29, 0.717) is 16.8 Å². The first kappa shape index (κ1) is 16.0. The van der Waals surface area contributed by atoms with Crippen molar-refractivity contribution in [2.75, 3.05) is 6.54 Å². The summed E-state index contributed by atoms with van der Waals surface area (Å²) >= 11 is 0. The van der Waals surface area contributed by atoms with E-state index in [4.69, 9.17) is 0 Å². The molecular weight excluding hydrogens is 280 g/mol. The number of hydrogen-bond donors (Lipinski definition) is 3. The van der Waals surface area contributed by atoms with Crippen LogP contribution in [0.1, 0.15) is 34.1 Å². The van der Waals surface area contributed by atoms with Crippen LogP contribution in [0.3, 0.4) is 0 Å². The number of amides is 1. The minimum Gasteiger partial charge on any atom is -0.384 e. The molecule has 1 aromatic heterocycles. The maximum atomic E-state index is 12.2. The van der Waals surface area contributed by atoms with Crippen molar-refractivity contribution in [3.63, 3.8) is 0 Å². The van der Waals surface area contributed by atoms with E-state index in [0.717, 1.165) is 0 Å². The highest BCUT2D eigenvalue weighted by Gasteiger charge is 2.24. The van der Waals surface area contributed by atoms with Crippen LogP contribution < -0.4 is 10.9 Å². The molecule has 5 nitrogen and oxygen atoms in total. The number of carbonyl (C=O) groups excluding carboxylic acids is 1. The number of hydrogen-bond acceptors (Lipinski definition) is 3. The molecule has 0 aliphatic carbocycles. The lowest BCUT2D eigenvalue weighted by molar-refractivity contribution is 0.0526. The van der Waals surface area contributed by atoms with Gasteiger partial charge >= 0.3 is 0 Å². The number of aromatic nitrogens is 1. The minimum absolute atomic E-state index is 0.0165. The number of H-pyrrole nitrogens is 1. The van der Waals surface area contributed by atoms with Crippen molar-refractivity contribution in [3.8, 4) is 0 Å². The van der Waals surface area contributed by atoms with Crippen LogP contribution in [0.4, 0.5) is 0 Å². The second-order valence-corrected chi connectivity index (χ2v) is 5.66. The van der Waals surface area contributed by atoms with E-state index in [1.165, 1.54) is 0 Å². The molecule has 1 atom stereocenters. The molecule has 0 spiro atoms. The first-order chi connectivity index (χ1) is 10.3. The van der Waals surface area contributed by atoms with Crippen LogP contribution in [0.25, 0.3) is 0 Å². The monoisotopic (exact) mass is 300 g/mol. The number of benzene rings is 1. The molecule has 0 bridgehead atoms. The molecule has 0 fully saturated rings. The standard InChI is InChI=1S/C17H20N2O3/c1-11-9-12(2)19-16(21)14(11)15(20)18-10-17(3,22)13-7-5-4-6-8-13/h4-9,22H,10H2,1-3H3,(H,18,20)(H,19,21). The van der Waals surface area contributed by atoms with E-state index >= 15 is 0 Å². The molecule has 2 rings (SSSR count). The second kappa shape index (κ2) is 6.15. The Labute approximate surface area is 129 Å². The SMILES string of the molecule is Cc1cc(C)c(C(=O)NCC(C)(O)c2ccccc2)c(=O)[nH]1. The Morgan fingerprint density at radius 1 is 1.27 bits per heavy atom. The van der Waals surface area contributed by atoms with Crippen LogP contribution in [0, 0.1) is 13.8 Å². The molecule has 0 aliphatic rings. The molecule has 0 radical (unpaired) electrons. The predicted molar refractivity (Wildman–Crippen MR) is 84.9 cm³/mol. The van der Waals surface area contributed by atoms with Gasteiger partial charge in [-0.2, -0.15) is 0 Å². The van der Waals surface area contributed by atoms with Crippen molar-refractivity contribution in [3.05, 3.63) is 69.1 Å². The highest BCUT2D eigenvalue weighted by Crippen LogP contribution is 2.19. The second-order valence-electron chi connectivity index (χ2n) is 5.66. The summed E-state index contributed by atoms with van der Waals surface area (Å²) in [5.74, 6) is -0.491. The van der Waals surface area contributed by atoms with Gasteiger partial charge in [0.05, 0.1) is 6.54 Å². The molecule has 1 aromatic carbocycles. The van der Waals surface area contributed by atoms with Gasteiger partial charge in [0.25, 0.3) is 11.5 Å². The Morgan fingerprint density at radius 2 is 1.91 bits per heavy atom. The molecule has 0 saturated heterocycles. The van der Waals surface area contributed by atoms with Crippen molar-refractivity contribution in [1.29, 1.82) is 0 Å². The Balaban J connectivity index is 2.16. The fourth-order valence-electron chi connectivity index (χ4n) is 2.38. The molecule has 5 heteroatoms. The third-order valence-electron chi connectivity index (χ3n) is 3.58. The third kappa shape index (κ3) is 3.43. The van der Waals surface area contributed by atoms with Crippen LogP contribution in [0.2, 0.25) is 0 Å². The van der Waals surface area contributed by atoms with Gasteiger partial charge in [-0.15, -0.1) is 0 Å². The first-order valence-electron chi connectivity index (χ1n) is 7.08. The van der Waals surface area contributed by atoms with E-state index in [-0.39, 0.29) is 12.1 Å². The third-order valence-corrected chi connectivity index (χ3v) is 3.58. The fraction of sp³-hybridized carbons (Fsp3) is 0.294. The quantitative estimate of drug-likeness (QED) is 0.802. The maximum Gasteiger partial charge on any atom is 0.261 e. The van der Waals surface area contributed by atoms with Crippen molar-refractivity contribution >= 4 is 5.91 Å². The van der Waals surface area contributed by atoms with Crippen LogP contribution in [-0.4, -0.2) is 22.5 Å². The summed E-state index contributed by atoms with van der Waals surface area (Å²) in [6, 6.07) is 10.8. The van der Waals surface area contributed by atoms with Crippen LogP contribution in [-0.2, 0) is 5.60 Å². The molecular formula is C17H20N2O3. The van der Waals surface area contributed by atoms with Gasteiger partial charge in [-0.05, 0) is 38.0 Å². The van der Waals surface area contributed by atoms with Gasteiger partial charge in [0.2, 0.25) is 0 Å². The summed E-state index contributed by atoms with van der Waals surface area (Å²) in [7, 11) is 0. The van der Waals surface area contributed by atoms with Crippen LogP contribution in [0.15, 0.2) is 41.2 Å². The summed E-state index contributed by atoms with van der Waals surface area (Å²) in [5.41, 5.74) is 0.463. The van der Waals surface area contributed by atoms with Crippen LogP contribution >= 0.6 is 0 Å². The highest BCUT2D eigenvalue weighted by atomic mass is 16.3.